The van der Waals surface area contributed by atoms with Crippen LogP contribution in [0.25, 0.3) is 0 Å². The molecule has 0 aromatic heterocycles. The van der Waals surface area contributed by atoms with Crippen molar-refractivity contribution in [3.63, 3.8) is 0 Å². The number of alkyl halides is 1. The molecular weight excluding hydrogens is 185 g/mol. The maximum atomic E-state index is 11.9. The Bertz CT molecular complexity index is 291. The Kier molecular flexibility index (Phi) is 4.19. The molecule has 1 aromatic rings. The molecular formula is C10H14FNO2. The Labute approximate surface area is 82.6 Å². The number of rotatable bonds is 5. The van der Waals surface area contributed by atoms with Gasteiger partial charge >= 0.3 is 0 Å². The van der Waals surface area contributed by atoms with Gasteiger partial charge in [0.2, 0.25) is 0 Å². The van der Waals surface area contributed by atoms with Crippen molar-refractivity contribution < 1.29 is 13.9 Å². The minimum Gasteiger partial charge on any atom is -0.497 e. The van der Waals surface area contributed by atoms with Crippen LogP contribution >= 0.6 is 0 Å². The molecule has 0 spiro atoms. The van der Waals surface area contributed by atoms with Crippen LogP contribution < -0.4 is 15.2 Å². The number of benzene rings is 1. The van der Waals surface area contributed by atoms with Crippen molar-refractivity contribution in [3.05, 3.63) is 23.8 Å². The smallest absolute Gasteiger partial charge is 0.127 e. The molecule has 0 radical (unpaired) electrons. The van der Waals surface area contributed by atoms with E-state index in [0.717, 1.165) is 5.56 Å². The van der Waals surface area contributed by atoms with Crippen LogP contribution in [0, 0.1) is 0 Å². The predicted molar refractivity (Wildman–Crippen MR) is 52.4 cm³/mol. The lowest BCUT2D eigenvalue weighted by atomic mass is 10.2. The second-order valence-electron chi connectivity index (χ2n) is 2.72. The Balaban J connectivity index is 2.84. The molecule has 0 amide bonds. The van der Waals surface area contributed by atoms with Crippen LogP contribution in [-0.2, 0) is 6.54 Å². The Morgan fingerprint density at radius 2 is 2.21 bits per heavy atom. The Morgan fingerprint density at radius 1 is 1.43 bits per heavy atom. The molecule has 0 fully saturated rings. The van der Waals surface area contributed by atoms with E-state index in [1.54, 1.807) is 19.2 Å². The van der Waals surface area contributed by atoms with Gasteiger partial charge in [0.25, 0.3) is 0 Å². The van der Waals surface area contributed by atoms with Crippen LogP contribution in [0.15, 0.2) is 18.2 Å². The number of hydrogen-bond donors (Lipinski definition) is 1. The van der Waals surface area contributed by atoms with E-state index in [9.17, 15) is 4.39 Å². The molecule has 1 aromatic carbocycles. The molecule has 0 atom stereocenters. The third-order valence-corrected chi connectivity index (χ3v) is 1.83. The summed E-state index contributed by atoms with van der Waals surface area (Å²) in [6.45, 7) is -0.104. The number of methoxy groups -OCH3 is 1. The van der Waals surface area contributed by atoms with E-state index < -0.39 is 6.67 Å². The number of ether oxygens (including phenoxy) is 2. The van der Waals surface area contributed by atoms with Gasteiger partial charge in [-0.25, -0.2) is 4.39 Å². The molecule has 14 heavy (non-hydrogen) atoms. The van der Waals surface area contributed by atoms with Crippen molar-refractivity contribution in [3.8, 4) is 11.5 Å². The summed E-state index contributed by atoms with van der Waals surface area (Å²) in [5, 5.41) is 0. The number of nitrogens with two attached hydrogens (primary N) is 1. The summed E-state index contributed by atoms with van der Waals surface area (Å²) in [7, 11) is 1.57. The highest BCUT2D eigenvalue weighted by Crippen LogP contribution is 2.24. The summed E-state index contributed by atoms with van der Waals surface area (Å²) in [6.07, 6.45) is 0. The summed E-state index contributed by atoms with van der Waals surface area (Å²) in [5.41, 5.74) is 6.35. The topological polar surface area (TPSA) is 44.5 Å². The zero-order valence-corrected chi connectivity index (χ0v) is 8.13. The van der Waals surface area contributed by atoms with E-state index in [2.05, 4.69) is 0 Å². The molecule has 2 N–H and O–H groups in total. The largest absolute Gasteiger partial charge is 0.497 e. The SMILES string of the molecule is COc1ccc(CN)c(OCCF)c1. The first-order valence-electron chi connectivity index (χ1n) is 4.37. The average Bonchev–Trinajstić information content (AvgIpc) is 2.25. The average molecular weight is 199 g/mol. The zero-order valence-electron chi connectivity index (χ0n) is 8.13. The molecule has 78 valence electrons. The molecule has 0 aliphatic carbocycles. The fourth-order valence-corrected chi connectivity index (χ4v) is 1.11. The van der Waals surface area contributed by atoms with Crippen molar-refractivity contribution >= 4 is 0 Å². The monoisotopic (exact) mass is 199 g/mol. The molecule has 0 saturated heterocycles. The molecule has 0 heterocycles. The summed E-state index contributed by atoms with van der Waals surface area (Å²) < 4.78 is 22.1. The fraction of sp³-hybridized carbons (Fsp3) is 0.400. The van der Waals surface area contributed by atoms with Gasteiger partial charge in [-0.05, 0) is 6.07 Å². The summed E-state index contributed by atoms with van der Waals surface area (Å²) >= 11 is 0. The number of halogens is 1. The highest BCUT2D eigenvalue weighted by molar-refractivity contribution is 5.40. The molecule has 1 rings (SSSR count). The minimum atomic E-state index is -0.513. The van der Waals surface area contributed by atoms with Crippen LogP contribution in [0.3, 0.4) is 0 Å². The van der Waals surface area contributed by atoms with Crippen LogP contribution in [0.2, 0.25) is 0 Å². The fourth-order valence-electron chi connectivity index (χ4n) is 1.11. The Morgan fingerprint density at radius 3 is 2.79 bits per heavy atom. The lowest BCUT2D eigenvalue weighted by molar-refractivity contribution is 0.269. The second-order valence-corrected chi connectivity index (χ2v) is 2.72. The second kappa shape index (κ2) is 5.44. The lowest BCUT2D eigenvalue weighted by Crippen LogP contribution is -2.05. The number of hydrogen-bond acceptors (Lipinski definition) is 3. The molecule has 0 saturated carbocycles. The molecule has 0 aliphatic rings. The van der Waals surface area contributed by atoms with E-state index in [1.807, 2.05) is 6.07 Å². The third-order valence-electron chi connectivity index (χ3n) is 1.83. The van der Waals surface area contributed by atoms with Gasteiger partial charge in [-0.2, -0.15) is 0 Å². The van der Waals surface area contributed by atoms with Gasteiger partial charge in [0, 0.05) is 18.2 Å². The first kappa shape index (κ1) is 10.8. The van der Waals surface area contributed by atoms with E-state index in [4.69, 9.17) is 15.2 Å². The standard InChI is InChI=1S/C10H14FNO2/c1-13-9-3-2-8(7-12)10(6-9)14-5-4-11/h2-3,6H,4-5,7,12H2,1H3. The summed E-state index contributed by atoms with van der Waals surface area (Å²) in [6, 6.07) is 5.31. The van der Waals surface area contributed by atoms with E-state index in [1.165, 1.54) is 0 Å². The van der Waals surface area contributed by atoms with E-state index >= 15 is 0 Å². The molecule has 0 unspecified atom stereocenters. The zero-order chi connectivity index (χ0) is 10.4. The van der Waals surface area contributed by atoms with Crippen molar-refractivity contribution in [2.75, 3.05) is 20.4 Å². The van der Waals surface area contributed by atoms with Gasteiger partial charge in [0.05, 0.1) is 7.11 Å². The maximum Gasteiger partial charge on any atom is 0.127 e. The Hall–Kier alpha value is -1.29. The highest BCUT2D eigenvalue weighted by atomic mass is 19.1. The van der Waals surface area contributed by atoms with Crippen LogP contribution in [0.5, 0.6) is 11.5 Å². The van der Waals surface area contributed by atoms with Gasteiger partial charge in [0.1, 0.15) is 24.8 Å². The molecule has 3 nitrogen and oxygen atoms in total. The minimum absolute atomic E-state index is 0.0418. The molecule has 0 aliphatic heterocycles. The first-order chi connectivity index (χ1) is 6.81. The van der Waals surface area contributed by atoms with E-state index in [-0.39, 0.29) is 6.61 Å². The van der Waals surface area contributed by atoms with Gasteiger partial charge < -0.3 is 15.2 Å². The highest BCUT2D eigenvalue weighted by Gasteiger charge is 2.03. The van der Waals surface area contributed by atoms with Gasteiger partial charge in [-0.15, -0.1) is 0 Å². The molecule has 4 heteroatoms. The van der Waals surface area contributed by atoms with Gasteiger partial charge in [-0.1, -0.05) is 6.07 Å². The van der Waals surface area contributed by atoms with Crippen LogP contribution in [0.1, 0.15) is 5.56 Å². The molecule has 0 bridgehead atoms. The lowest BCUT2D eigenvalue weighted by Gasteiger charge is -2.10. The first-order valence-corrected chi connectivity index (χ1v) is 4.37. The quantitative estimate of drug-likeness (QED) is 0.781. The summed E-state index contributed by atoms with van der Waals surface area (Å²) in [4.78, 5) is 0. The van der Waals surface area contributed by atoms with Crippen molar-refractivity contribution in [1.29, 1.82) is 0 Å². The van der Waals surface area contributed by atoms with Crippen LogP contribution in [0.4, 0.5) is 4.39 Å². The van der Waals surface area contributed by atoms with Crippen molar-refractivity contribution in [1.82, 2.24) is 0 Å². The van der Waals surface area contributed by atoms with Crippen LogP contribution in [-0.4, -0.2) is 20.4 Å². The van der Waals surface area contributed by atoms with Gasteiger partial charge in [-0.3, -0.25) is 0 Å². The van der Waals surface area contributed by atoms with Crippen molar-refractivity contribution in [2.24, 2.45) is 5.73 Å². The normalized spacial score (nSPS) is 9.93. The predicted octanol–water partition coefficient (Wildman–Crippen LogP) is 1.50. The van der Waals surface area contributed by atoms with Gasteiger partial charge in [0.15, 0.2) is 0 Å². The maximum absolute atomic E-state index is 11.9. The third kappa shape index (κ3) is 2.60. The van der Waals surface area contributed by atoms with Crippen molar-refractivity contribution in [2.45, 2.75) is 6.54 Å². The van der Waals surface area contributed by atoms with E-state index in [0.29, 0.717) is 18.0 Å². The summed E-state index contributed by atoms with van der Waals surface area (Å²) in [5.74, 6) is 1.26.